The Morgan fingerprint density at radius 1 is 1.14 bits per heavy atom. The summed E-state index contributed by atoms with van der Waals surface area (Å²) >= 11 is 1.28. The van der Waals surface area contributed by atoms with Crippen molar-refractivity contribution in [2.45, 2.75) is 38.2 Å². The van der Waals surface area contributed by atoms with E-state index < -0.39 is 17.2 Å². The minimum atomic E-state index is -0.857. The molecule has 1 N–H and O–H groups in total. The van der Waals surface area contributed by atoms with Gasteiger partial charge in [0.05, 0.1) is 22.8 Å². The van der Waals surface area contributed by atoms with E-state index in [0.29, 0.717) is 12.1 Å². The summed E-state index contributed by atoms with van der Waals surface area (Å²) in [5.41, 5.74) is 1.79. The monoisotopic (exact) mass is 414 g/mol. The Morgan fingerprint density at radius 2 is 1.86 bits per heavy atom. The Hall–Kier alpha value is -2.44. The van der Waals surface area contributed by atoms with Crippen LogP contribution in [0.5, 0.6) is 0 Å². The highest BCUT2D eigenvalue weighted by Gasteiger charge is 2.22. The molecule has 1 atom stereocenters. The van der Waals surface area contributed by atoms with Crippen LogP contribution in [0.1, 0.15) is 32.0 Å². The summed E-state index contributed by atoms with van der Waals surface area (Å²) in [7, 11) is 0. The Kier molecular flexibility index (Phi) is 6.55. The van der Waals surface area contributed by atoms with Crippen molar-refractivity contribution in [3.05, 3.63) is 83.7 Å². The highest BCUT2D eigenvalue weighted by molar-refractivity contribution is 7.98. The van der Waals surface area contributed by atoms with E-state index in [9.17, 15) is 13.9 Å². The minimum absolute atomic E-state index is 0.101. The lowest BCUT2D eigenvalue weighted by Gasteiger charge is -2.22. The van der Waals surface area contributed by atoms with Crippen LogP contribution in [0, 0.1) is 11.6 Å². The molecule has 0 aliphatic heterocycles. The predicted octanol–water partition coefficient (Wildman–Crippen LogP) is 5.71. The van der Waals surface area contributed by atoms with Gasteiger partial charge in [-0.2, -0.15) is 0 Å². The lowest BCUT2D eigenvalue weighted by molar-refractivity contribution is 0.0824. The molecule has 0 aliphatic rings. The molecule has 0 radical (unpaired) electrons. The van der Waals surface area contributed by atoms with Crippen molar-refractivity contribution < 1.29 is 13.9 Å². The van der Waals surface area contributed by atoms with Crippen molar-refractivity contribution in [1.29, 1.82) is 0 Å². The SMILES string of the molecule is CC(SN=Cc1cc(-c2cc(F)ccc2F)cn1Cc1ccccc1)C(C)(C)O. The van der Waals surface area contributed by atoms with Gasteiger partial charge in [-0.3, -0.25) is 0 Å². The number of rotatable bonds is 7. The zero-order valence-corrected chi connectivity index (χ0v) is 17.5. The van der Waals surface area contributed by atoms with E-state index in [1.54, 1.807) is 32.3 Å². The summed E-state index contributed by atoms with van der Waals surface area (Å²) in [6.45, 7) is 5.95. The lowest BCUT2D eigenvalue weighted by atomic mass is 10.1. The van der Waals surface area contributed by atoms with Crippen molar-refractivity contribution >= 4 is 18.2 Å². The summed E-state index contributed by atoms with van der Waals surface area (Å²) in [6, 6.07) is 15.1. The molecule has 0 aliphatic carbocycles. The average Bonchev–Trinajstić information content (AvgIpc) is 3.06. The summed E-state index contributed by atoms with van der Waals surface area (Å²) in [4.78, 5) is 0. The lowest BCUT2D eigenvalue weighted by Crippen LogP contribution is -2.30. The number of nitrogens with zero attached hydrogens (tertiary/aromatic N) is 2. The molecule has 0 saturated heterocycles. The van der Waals surface area contributed by atoms with Crippen molar-refractivity contribution in [3.8, 4) is 11.1 Å². The molecule has 0 fully saturated rings. The van der Waals surface area contributed by atoms with Gasteiger partial charge in [0, 0.05) is 23.9 Å². The largest absolute Gasteiger partial charge is 0.389 e. The molecule has 1 heterocycles. The molecule has 152 valence electrons. The number of halogens is 2. The normalized spacial score (nSPS) is 13.2. The van der Waals surface area contributed by atoms with E-state index in [1.165, 1.54) is 18.0 Å². The molecule has 3 rings (SSSR count). The second-order valence-electron chi connectivity index (χ2n) is 7.53. The molecule has 29 heavy (non-hydrogen) atoms. The van der Waals surface area contributed by atoms with Crippen LogP contribution in [0.4, 0.5) is 8.78 Å². The molecule has 2 aromatic carbocycles. The van der Waals surface area contributed by atoms with E-state index >= 15 is 0 Å². The van der Waals surface area contributed by atoms with Gasteiger partial charge >= 0.3 is 0 Å². The van der Waals surface area contributed by atoms with E-state index in [2.05, 4.69) is 4.40 Å². The number of aromatic nitrogens is 1. The topological polar surface area (TPSA) is 37.5 Å². The molecule has 0 saturated carbocycles. The number of hydrogen-bond acceptors (Lipinski definition) is 3. The van der Waals surface area contributed by atoms with E-state index in [0.717, 1.165) is 23.4 Å². The Labute approximate surface area is 174 Å². The first-order valence-electron chi connectivity index (χ1n) is 9.35. The van der Waals surface area contributed by atoms with Crippen LogP contribution in [0.2, 0.25) is 0 Å². The number of hydrogen-bond donors (Lipinski definition) is 1. The molecule has 0 bridgehead atoms. The van der Waals surface area contributed by atoms with Crippen LogP contribution < -0.4 is 0 Å². The van der Waals surface area contributed by atoms with Gasteiger partial charge in [-0.1, -0.05) is 30.3 Å². The van der Waals surface area contributed by atoms with Crippen LogP contribution in [0.15, 0.2) is 65.2 Å². The molecule has 0 amide bonds. The maximum absolute atomic E-state index is 14.3. The Bertz CT molecular complexity index is 994. The maximum Gasteiger partial charge on any atom is 0.131 e. The summed E-state index contributed by atoms with van der Waals surface area (Å²) in [5.74, 6) is -0.959. The Balaban J connectivity index is 1.94. The summed E-state index contributed by atoms with van der Waals surface area (Å²) in [5, 5.41) is 9.96. The zero-order valence-electron chi connectivity index (χ0n) is 16.6. The summed E-state index contributed by atoms with van der Waals surface area (Å²) in [6.07, 6.45) is 3.49. The van der Waals surface area contributed by atoms with Gasteiger partial charge in [0.2, 0.25) is 0 Å². The molecule has 1 unspecified atom stereocenters. The maximum atomic E-state index is 14.3. The van der Waals surface area contributed by atoms with Crippen molar-refractivity contribution in [2.75, 3.05) is 0 Å². The van der Waals surface area contributed by atoms with Crippen LogP contribution in [0.25, 0.3) is 11.1 Å². The Morgan fingerprint density at radius 3 is 2.55 bits per heavy atom. The molecule has 6 heteroatoms. The second-order valence-corrected chi connectivity index (χ2v) is 8.66. The second kappa shape index (κ2) is 8.93. The molecular formula is C23H24F2N2OS. The predicted molar refractivity (Wildman–Crippen MR) is 116 cm³/mol. The van der Waals surface area contributed by atoms with Gasteiger partial charge in [-0.25, -0.2) is 13.2 Å². The fraction of sp³-hybridized carbons (Fsp3) is 0.261. The van der Waals surface area contributed by atoms with Gasteiger partial charge in [0.15, 0.2) is 0 Å². The third-order valence-corrected chi connectivity index (χ3v) is 5.88. The van der Waals surface area contributed by atoms with Crippen molar-refractivity contribution in [2.24, 2.45) is 4.40 Å². The third-order valence-electron chi connectivity index (χ3n) is 4.76. The molecule has 3 nitrogen and oxygen atoms in total. The van der Waals surface area contributed by atoms with E-state index in [1.807, 2.05) is 41.8 Å². The zero-order chi connectivity index (χ0) is 21.0. The first-order chi connectivity index (χ1) is 13.7. The average molecular weight is 415 g/mol. The highest BCUT2D eigenvalue weighted by atomic mass is 32.2. The number of benzene rings is 2. The minimum Gasteiger partial charge on any atom is -0.389 e. The third kappa shape index (κ3) is 5.55. The first-order valence-corrected chi connectivity index (χ1v) is 10.2. The number of aliphatic hydroxyl groups is 1. The van der Waals surface area contributed by atoms with Crippen LogP contribution >= 0.6 is 11.9 Å². The standard InChI is InChI=1S/C23H24F2N2OS/c1-16(23(2,3)28)29-26-13-20-11-18(21-12-19(24)9-10-22(21)25)15-27(20)14-17-7-5-4-6-8-17/h4-13,15-16,28H,14H2,1-3H3. The van der Waals surface area contributed by atoms with Gasteiger partial charge in [-0.15, -0.1) is 0 Å². The van der Waals surface area contributed by atoms with Gasteiger partial charge in [0.1, 0.15) is 11.6 Å². The van der Waals surface area contributed by atoms with E-state index in [-0.39, 0.29) is 10.8 Å². The molecule has 0 spiro atoms. The molecule has 1 aromatic heterocycles. The molecule has 3 aromatic rings. The van der Waals surface area contributed by atoms with Crippen molar-refractivity contribution in [1.82, 2.24) is 4.57 Å². The van der Waals surface area contributed by atoms with Crippen LogP contribution in [-0.4, -0.2) is 26.7 Å². The van der Waals surface area contributed by atoms with Crippen LogP contribution in [-0.2, 0) is 6.54 Å². The fourth-order valence-corrected chi connectivity index (χ4v) is 3.33. The quantitative estimate of drug-likeness (QED) is 0.397. The van der Waals surface area contributed by atoms with Gasteiger partial charge in [0.25, 0.3) is 0 Å². The highest BCUT2D eigenvalue weighted by Crippen LogP contribution is 2.27. The van der Waals surface area contributed by atoms with Gasteiger partial charge in [-0.05, 0) is 62.5 Å². The molecular weight excluding hydrogens is 390 g/mol. The summed E-state index contributed by atoms with van der Waals surface area (Å²) < 4.78 is 34.3. The van der Waals surface area contributed by atoms with E-state index in [4.69, 9.17) is 0 Å². The first kappa shape index (κ1) is 21.3. The van der Waals surface area contributed by atoms with Gasteiger partial charge < -0.3 is 9.67 Å². The van der Waals surface area contributed by atoms with Crippen molar-refractivity contribution in [3.63, 3.8) is 0 Å². The fourth-order valence-electron chi connectivity index (χ4n) is 2.72. The van der Waals surface area contributed by atoms with Crippen LogP contribution in [0.3, 0.4) is 0 Å². The smallest absolute Gasteiger partial charge is 0.131 e.